The lowest BCUT2D eigenvalue weighted by Gasteiger charge is -2.21. The minimum absolute atomic E-state index is 0.0439. The van der Waals surface area contributed by atoms with E-state index in [1.165, 1.54) is 48.5 Å². The second-order valence-electron chi connectivity index (χ2n) is 7.91. The lowest BCUT2D eigenvalue weighted by molar-refractivity contribution is -0.141. The van der Waals surface area contributed by atoms with Crippen molar-refractivity contribution in [1.82, 2.24) is 0 Å². The first kappa shape index (κ1) is 22.4. The first-order chi connectivity index (χ1) is 16.6. The van der Waals surface area contributed by atoms with Gasteiger partial charge >= 0.3 is 5.97 Å². The number of hydrogen-bond acceptors (Lipinski definition) is 8. The number of carbonyl (C=O) groups excluding carboxylic acids is 4. The van der Waals surface area contributed by atoms with Crippen LogP contribution in [0.2, 0.25) is 0 Å². The van der Waals surface area contributed by atoms with Crippen LogP contribution in [0.25, 0.3) is 0 Å². The maximum atomic E-state index is 13.7. The molecule has 0 saturated heterocycles. The molecule has 0 bridgehead atoms. The minimum atomic E-state index is -3.96. The molecule has 35 heavy (non-hydrogen) atoms. The third-order valence-electron chi connectivity index (χ3n) is 5.82. The molecule has 3 N–H and O–H groups in total. The lowest BCUT2D eigenvalue weighted by Crippen LogP contribution is -2.46. The zero-order valence-corrected chi connectivity index (χ0v) is 18.7. The number of hydrogen-bond donors (Lipinski definition) is 2. The highest BCUT2D eigenvalue weighted by atomic mass is 32.2. The Labute approximate surface area is 199 Å². The van der Waals surface area contributed by atoms with Gasteiger partial charge in [0, 0.05) is 22.4 Å². The third-order valence-corrected chi connectivity index (χ3v) is 6.75. The van der Waals surface area contributed by atoms with Crippen molar-refractivity contribution in [2.75, 3.05) is 5.32 Å². The van der Waals surface area contributed by atoms with Gasteiger partial charge < -0.3 is 10.1 Å². The van der Waals surface area contributed by atoms with Crippen LogP contribution in [0.1, 0.15) is 31.1 Å². The molecule has 0 saturated carbocycles. The standard InChI is InChI=1S/C25H16N2O7S/c26-35(32,33)16-12-10-15(11-13-16)27-20-19(21(28)14-6-2-1-3-7-14)25(34-24(20)31)22(29)17-8-4-5-9-18(17)23(25)30/h1-13,27H,(H2,26,32,33). The average molecular weight is 488 g/mol. The number of primary sulfonamides is 1. The summed E-state index contributed by atoms with van der Waals surface area (Å²) in [5.41, 5.74) is -2.86. The van der Waals surface area contributed by atoms with E-state index < -0.39 is 50.2 Å². The van der Waals surface area contributed by atoms with Crippen molar-refractivity contribution in [3.05, 3.63) is 107 Å². The zero-order valence-electron chi connectivity index (χ0n) is 17.8. The smallest absolute Gasteiger partial charge is 0.357 e. The van der Waals surface area contributed by atoms with Gasteiger partial charge in [0.25, 0.3) is 5.60 Å². The summed E-state index contributed by atoms with van der Waals surface area (Å²) in [7, 11) is -3.96. The predicted octanol–water partition coefficient (Wildman–Crippen LogP) is 2.26. The molecule has 5 rings (SSSR count). The van der Waals surface area contributed by atoms with Crippen LogP contribution in [0.5, 0.6) is 0 Å². The van der Waals surface area contributed by atoms with Gasteiger partial charge in [-0.2, -0.15) is 0 Å². The van der Waals surface area contributed by atoms with Crippen LogP contribution in [0.4, 0.5) is 5.69 Å². The van der Waals surface area contributed by atoms with Crippen LogP contribution in [-0.4, -0.2) is 37.3 Å². The van der Waals surface area contributed by atoms with Gasteiger partial charge in [-0.05, 0) is 24.3 Å². The number of ether oxygens (including phenoxy) is 1. The van der Waals surface area contributed by atoms with Crippen LogP contribution in [0, 0.1) is 0 Å². The van der Waals surface area contributed by atoms with Crippen molar-refractivity contribution in [1.29, 1.82) is 0 Å². The first-order valence-corrected chi connectivity index (χ1v) is 11.9. The number of esters is 1. The molecule has 3 aromatic rings. The molecule has 2 aliphatic rings. The number of nitrogens with two attached hydrogens (primary N) is 1. The van der Waals surface area contributed by atoms with E-state index in [0.29, 0.717) is 0 Å². The number of anilines is 1. The molecular weight excluding hydrogens is 472 g/mol. The van der Waals surface area contributed by atoms with E-state index >= 15 is 0 Å². The lowest BCUT2D eigenvalue weighted by atomic mass is 9.83. The number of nitrogens with one attached hydrogen (secondary N) is 1. The summed E-state index contributed by atoms with van der Waals surface area (Å²) in [4.78, 5) is 53.5. The van der Waals surface area contributed by atoms with Gasteiger partial charge in [-0.3, -0.25) is 14.4 Å². The molecule has 3 aromatic carbocycles. The summed E-state index contributed by atoms with van der Waals surface area (Å²) in [6.45, 7) is 0. The van der Waals surface area contributed by atoms with Crippen LogP contribution >= 0.6 is 0 Å². The highest BCUT2D eigenvalue weighted by molar-refractivity contribution is 7.89. The fourth-order valence-electron chi connectivity index (χ4n) is 4.19. The van der Waals surface area contributed by atoms with Crippen LogP contribution < -0.4 is 10.5 Å². The Morgan fingerprint density at radius 2 is 1.34 bits per heavy atom. The summed E-state index contributed by atoms with van der Waals surface area (Å²) in [6, 6.07) is 18.9. The summed E-state index contributed by atoms with van der Waals surface area (Å²) in [5, 5.41) is 7.85. The molecule has 0 radical (unpaired) electrons. The van der Waals surface area contributed by atoms with Crippen molar-refractivity contribution < 1.29 is 32.3 Å². The van der Waals surface area contributed by atoms with Gasteiger partial charge in [0.1, 0.15) is 5.70 Å². The zero-order chi connectivity index (χ0) is 25.0. The van der Waals surface area contributed by atoms with Crippen molar-refractivity contribution in [2.45, 2.75) is 10.5 Å². The van der Waals surface area contributed by atoms with E-state index in [0.717, 1.165) is 0 Å². The average Bonchev–Trinajstić information content (AvgIpc) is 3.25. The van der Waals surface area contributed by atoms with Crippen molar-refractivity contribution in [3.8, 4) is 0 Å². The first-order valence-electron chi connectivity index (χ1n) is 10.3. The van der Waals surface area contributed by atoms with Gasteiger partial charge in [0.15, 0.2) is 5.78 Å². The van der Waals surface area contributed by atoms with Crippen LogP contribution in [0.15, 0.2) is 95.0 Å². The normalized spacial score (nSPS) is 16.4. The monoisotopic (exact) mass is 488 g/mol. The molecule has 1 aliphatic carbocycles. The molecule has 10 heteroatoms. The summed E-state index contributed by atoms with van der Waals surface area (Å²) < 4.78 is 28.5. The second-order valence-corrected chi connectivity index (χ2v) is 9.48. The molecule has 0 atom stereocenters. The molecule has 0 amide bonds. The molecule has 0 unspecified atom stereocenters. The quantitative estimate of drug-likeness (QED) is 0.315. The number of ketones is 3. The van der Waals surface area contributed by atoms with Gasteiger partial charge in [0.05, 0.1) is 10.5 Å². The SMILES string of the molecule is NS(=O)(=O)c1ccc(NC2=C(C(=O)c3ccccc3)C3(OC2=O)C(=O)c2ccccc2C3=O)cc1. The van der Waals surface area contributed by atoms with E-state index in [1.54, 1.807) is 30.3 Å². The van der Waals surface area contributed by atoms with E-state index in [4.69, 9.17) is 9.88 Å². The second kappa shape index (κ2) is 7.83. The number of carbonyl (C=O) groups is 4. The maximum Gasteiger partial charge on any atom is 0.357 e. The molecule has 1 spiro atoms. The fourth-order valence-corrected chi connectivity index (χ4v) is 4.71. The Balaban J connectivity index is 1.69. The maximum absolute atomic E-state index is 13.7. The molecule has 0 fully saturated rings. The molecule has 1 heterocycles. The highest BCUT2D eigenvalue weighted by Crippen LogP contribution is 2.45. The number of fused-ring (bicyclic) bond motifs is 1. The molecular formula is C25H16N2O7S. The molecule has 174 valence electrons. The number of sulfonamides is 1. The summed E-state index contributed by atoms with van der Waals surface area (Å²) in [5.74, 6) is -3.44. The Hall–Kier alpha value is -4.41. The highest BCUT2D eigenvalue weighted by Gasteiger charge is 2.65. The molecule has 0 aromatic heterocycles. The third kappa shape index (κ3) is 3.38. The van der Waals surface area contributed by atoms with Gasteiger partial charge in [-0.15, -0.1) is 0 Å². The van der Waals surface area contributed by atoms with E-state index in [9.17, 15) is 27.6 Å². The molecule has 1 aliphatic heterocycles. The van der Waals surface area contributed by atoms with Crippen LogP contribution in [0.3, 0.4) is 0 Å². The largest absolute Gasteiger partial charge is 0.432 e. The number of rotatable bonds is 5. The van der Waals surface area contributed by atoms with E-state index in [2.05, 4.69) is 5.32 Å². The number of Topliss-reactive ketones (excluding diaryl/α,β-unsaturated/α-hetero) is 3. The van der Waals surface area contributed by atoms with E-state index in [1.807, 2.05) is 0 Å². The Kier molecular flexibility index (Phi) is 5.01. The van der Waals surface area contributed by atoms with Crippen molar-refractivity contribution in [3.63, 3.8) is 0 Å². The van der Waals surface area contributed by atoms with Crippen LogP contribution in [-0.2, 0) is 19.6 Å². The Morgan fingerprint density at radius 1 is 0.800 bits per heavy atom. The van der Waals surface area contributed by atoms with Crippen molar-refractivity contribution >= 4 is 39.0 Å². The van der Waals surface area contributed by atoms with Gasteiger partial charge in [-0.1, -0.05) is 54.6 Å². The molecule has 9 nitrogen and oxygen atoms in total. The fraction of sp³-hybridized carbons (Fsp3) is 0.0400. The summed E-state index contributed by atoms with van der Waals surface area (Å²) in [6.07, 6.45) is 0. The predicted molar refractivity (Wildman–Crippen MR) is 123 cm³/mol. The van der Waals surface area contributed by atoms with Gasteiger partial charge in [-0.25, -0.2) is 18.4 Å². The van der Waals surface area contributed by atoms with Crippen molar-refractivity contribution in [2.24, 2.45) is 5.14 Å². The number of benzene rings is 3. The summed E-state index contributed by atoms with van der Waals surface area (Å²) >= 11 is 0. The minimum Gasteiger partial charge on any atom is -0.432 e. The topological polar surface area (TPSA) is 150 Å². The van der Waals surface area contributed by atoms with Gasteiger partial charge in [0.2, 0.25) is 21.6 Å². The Morgan fingerprint density at radius 3 is 1.89 bits per heavy atom. The van der Waals surface area contributed by atoms with E-state index in [-0.39, 0.29) is 27.3 Å². The Bertz CT molecular complexity index is 1540.